The van der Waals surface area contributed by atoms with Crippen molar-refractivity contribution in [2.75, 3.05) is 6.54 Å². The lowest BCUT2D eigenvalue weighted by atomic mass is 10.3. The Morgan fingerprint density at radius 1 is 1.38 bits per heavy atom. The third-order valence-electron chi connectivity index (χ3n) is 3.41. The second-order valence-corrected chi connectivity index (χ2v) is 5.60. The summed E-state index contributed by atoms with van der Waals surface area (Å²) in [5, 5.41) is 6.78. The Hall–Kier alpha value is -2.48. The van der Waals surface area contributed by atoms with Crippen LogP contribution in [0.4, 0.5) is 8.78 Å². The van der Waals surface area contributed by atoms with Crippen molar-refractivity contribution < 1.29 is 13.6 Å². The van der Waals surface area contributed by atoms with Gasteiger partial charge in [-0.05, 0) is 30.7 Å². The van der Waals surface area contributed by atoms with Gasteiger partial charge in [0.15, 0.2) is 0 Å². The molecular weight excluding hydrogens is 340 g/mol. The van der Waals surface area contributed by atoms with Crippen LogP contribution in [0.3, 0.4) is 0 Å². The van der Waals surface area contributed by atoms with Crippen molar-refractivity contribution in [1.29, 1.82) is 0 Å². The van der Waals surface area contributed by atoms with Gasteiger partial charge in [0.05, 0.1) is 11.0 Å². The maximum absolute atomic E-state index is 12.4. The van der Waals surface area contributed by atoms with Gasteiger partial charge >= 0.3 is 6.55 Å². The number of aryl methyl sites for hydroxylation is 1. The fourth-order valence-corrected chi connectivity index (χ4v) is 2.44. The van der Waals surface area contributed by atoms with Crippen LogP contribution in [0.1, 0.15) is 29.3 Å². The molecular formula is C15H14ClF2N5O. The summed E-state index contributed by atoms with van der Waals surface area (Å²) in [6.45, 7) is -2.37. The van der Waals surface area contributed by atoms with Gasteiger partial charge < -0.3 is 10.3 Å². The highest BCUT2D eigenvalue weighted by Gasteiger charge is 2.12. The molecule has 2 aromatic heterocycles. The lowest BCUT2D eigenvalue weighted by Crippen LogP contribution is -2.25. The van der Waals surface area contributed by atoms with E-state index in [0.29, 0.717) is 29.1 Å². The minimum atomic E-state index is -2.76. The number of alkyl halides is 2. The summed E-state index contributed by atoms with van der Waals surface area (Å²) in [6, 6.07) is 6.66. The lowest BCUT2D eigenvalue weighted by Gasteiger charge is -2.02. The van der Waals surface area contributed by atoms with Crippen LogP contribution in [0, 0.1) is 0 Å². The Morgan fingerprint density at radius 3 is 2.96 bits per heavy atom. The number of aromatic nitrogens is 4. The highest BCUT2D eigenvalue weighted by Crippen LogP contribution is 2.17. The van der Waals surface area contributed by atoms with Crippen LogP contribution in [0.15, 0.2) is 30.5 Å². The molecule has 0 spiro atoms. The molecule has 9 heteroatoms. The predicted octanol–water partition coefficient (Wildman–Crippen LogP) is 3.17. The molecule has 3 aromatic rings. The zero-order valence-corrected chi connectivity index (χ0v) is 13.2. The molecule has 24 heavy (non-hydrogen) atoms. The maximum Gasteiger partial charge on any atom is 0.333 e. The van der Waals surface area contributed by atoms with Gasteiger partial charge in [-0.15, -0.1) is 0 Å². The quantitative estimate of drug-likeness (QED) is 0.668. The van der Waals surface area contributed by atoms with Crippen molar-refractivity contribution in [3.05, 3.63) is 47.0 Å². The number of halogens is 3. The Bertz CT molecular complexity index is 861. The van der Waals surface area contributed by atoms with Crippen LogP contribution in [-0.2, 0) is 6.42 Å². The van der Waals surface area contributed by atoms with E-state index in [9.17, 15) is 13.6 Å². The van der Waals surface area contributed by atoms with Crippen molar-refractivity contribution in [3.63, 3.8) is 0 Å². The number of imidazole rings is 1. The highest BCUT2D eigenvalue weighted by atomic mass is 35.5. The topological polar surface area (TPSA) is 75.6 Å². The molecule has 6 nitrogen and oxygen atoms in total. The summed E-state index contributed by atoms with van der Waals surface area (Å²) >= 11 is 5.92. The second kappa shape index (κ2) is 6.96. The van der Waals surface area contributed by atoms with Gasteiger partial charge in [-0.25, -0.2) is 9.67 Å². The molecule has 0 aliphatic carbocycles. The molecule has 0 aliphatic rings. The number of carbonyl (C=O) groups is 1. The molecule has 0 radical (unpaired) electrons. The zero-order chi connectivity index (χ0) is 17.1. The molecule has 3 rings (SSSR count). The number of rotatable bonds is 6. The minimum Gasteiger partial charge on any atom is -0.351 e. The number of H-pyrrole nitrogens is 1. The molecule has 1 amide bonds. The Morgan fingerprint density at radius 2 is 2.21 bits per heavy atom. The van der Waals surface area contributed by atoms with Crippen LogP contribution in [-0.4, -0.2) is 32.2 Å². The number of benzene rings is 1. The van der Waals surface area contributed by atoms with Crippen LogP contribution >= 0.6 is 11.6 Å². The average molecular weight is 354 g/mol. The largest absolute Gasteiger partial charge is 0.351 e. The van der Waals surface area contributed by atoms with Gasteiger partial charge in [-0.1, -0.05) is 11.6 Å². The molecule has 2 heterocycles. The fraction of sp³-hybridized carbons (Fsp3) is 0.267. The number of hydrogen-bond acceptors (Lipinski definition) is 3. The number of aromatic amines is 1. The smallest absolute Gasteiger partial charge is 0.333 e. The first-order valence-corrected chi connectivity index (χ1v) is 7.66. The van der Waals surface area contributed by atoms with E-state index in [-0.39, 0.29) is 5.69 Å². The number of amides is 1. The van der Waals surface area contributed by atoms with E-state index in [4.69, 9.17) is 11.6 Å². The van der Waals surface area contributed by atoms with Gasteiger partial charge in [0.1, 0.15) is 11.5 Å². The van der Waals surface area contributed by atoms with E-state index in [2.05, 4.69) is 20.4 Å². The molecule has 1 aromatic carbocycles. The number of nitrogens with zero attached hydrogens (tertiary/aromatic N) is 3. The number of carbonyl (C=O) groups excluding carboxylic acids is 1. The maximum atomic E-state index is 12.4. The Balaban J connectivity index is 1.49. The molecule has 0 saturated heterocycles. The summed E-state index contributed by atoms with van der Waals surface area (Å²) in [7, 11) is 0. The van der Waals surface area contributed by atoms with Crippen molar-refractivity contribution >= 4 is 28.5 Å². The summed E-state index contributed by atoms with van der Waals surface area (Å²) < 4.78 is 25.2. The standard InChI is InChI=1S/C15H14ClF2N5O/c16-9-3-4-10-12(8-9)21-13(20-10)2-1-6-19-14(24)11-5-7-23(22-11)15(17)18/h3-5,7-8,15H,1-2,6H2,(H,19,24)(H,20,21). The zero-order valence-electron chi connectivity index (χ0n) is 12.5. The minimum absolute atomic E-state index is 0.0336. The van der Waals surface area contributed by atoms with Crippen molar-refractivity contribution in [3.8, 4) is 0 Å². The number of nitrogens with one attached hydrogen (secondary N) is 2. The lowest BCUT2D eigenvalue weighted by molar-refractivity contribution is 0.0560. The summed E-state index contributed by atoms with van der Waals surface area (Å²) in [5.74, 6) is 0.314. The number of fused-ring (bicyclic) bond motifs is 1. The first-order valence-electron chi connectivity index (χ1n) is 7.28. The highest BCUT2D eigenvalue weighted by molar-refractivity contribution is 6.31. The molecule has 0 atom stereocenters. The average Bonchev–Trinajstić information content (AvgIpc) is 3.17. The number of hydrogen-bond donors (Lipinski definition) is 2. The van der Waals surface area contributed by atoms with E-state index in [0.717, 1.165) is 23.1 Å². The molecule has 0 fully saturated rings. The third kappa shape index (κ3) is 3.70. The van der Waals surface area contributed by atoms with Crippen LogP contribution in [0.5, 0.6) is 0 Å². The molecule has 0 aliphatic heterocycles. The first kappa shape index (κ1) is 16.4. The van der Waals surface area contributed by atoms with Crippen LogP contribution in [0.25, 0.3) is 11.0 Å². The molecule has 0 bridgehead atoms. The first-order chi connectivity index (χ1) is 11.5. The summed E-state index contributed by atoms with van der Waals surface area (Å²) in [5.41, 5.74) is 1.66. The monoisotopic (exact) mass is 353 g/mol. The fourth-order valence-electron chi connectivity index (χ4n) is 2.27. The van der Waals surface area contributed by atoms with Crippen molar-refractivity contribution in [2.24, 2.45) is 0 Å². The predicted molar refractivity (Wildman–Crippen MR) is 85.2 cm³/mol. The SMILES string of the molecule is O=C(NCCCc1nc2ccc(Cl)cc2[nH]1)c1ccn(C(F)F)n1. The van der Waals surface area contributed by atoms with Gasteiger partial charge in [-0.3, -0.25) is 4.79 Å². The van der Waals surface area contributed by atoms with Gasteiger partial charge in [0.25, 0.3) is 5.91 Å². The van der Waals surface area contributed by atoms with Gasteiger partial charge in [0.2, 0.25) is 0 Å². The normalized spacial score (nSPS) is 11.3. The third-order valence-corrected chi connectivity index (χ3v) is 3.64. The van der Waals surface area contributed by atoms with Gasteiger partial charge in [0, 0.05) is 24.2 Å². The van der Waals surface area contributed by atoms with Crippen LogP contribution in [0.2, 0.25) is 5.02 Å². The summed E-state index contributed by atoms with van der Waals surface area (Å²) in [6.07, 6.45) is 2.35. The van der Waals surface area contributed by atoms with Crippen molar-refractivity contribution in [1.82, 2.24) is 25.1 Å². The van der Waals surface area contributed by atoms with E-state index in [1.165, 1.54) is 6.07 Å². The summed E-state index contributed by atoms with van der Waals surface area (Å²) in [4.78, 5) is 19.4. The van der Waals surface area contributed by atoms with Gasteiger partial charge in [-0.2, -0.15) is 13.9 Å². The Labute approximate surface area is 140 Å². The molecule has 126 valence electrons. The second-order valence-electron chi connectivity index (χ2n) is 5.16. The molecule has 2 N–H and O–H groups in total. The van der Waals surface area contributed by atoms with E-state index < -0.39 is 12.5 Å². The van der Waals surface area contributed by atoms with Crippen molar-refractivity contribution in [2.45, 2.75) is 19.4 Å². The van der Waals surface area contributed by atoms with E-state index >= 15 is 0 Å². The Kier molecular flexibility index (Phi) is 4.75. The van der Waals surface area contributed by atoms with E-state index in [1.807, 2.05) is 6.07 Å². The van der Waals surface area contributed by atoms with E-state index in [1.54, 1.807) is 12.1 Å². The molecule has 0 saturated carbocycles. The molecule has 0 unspecified atom stereocenters. The van der Waals surface area contributed by atoms with Crippen LogP contribution < -0.4 is 5.32 Å².